The Morgan fingerprint density at radius 2 is 2.25 bits per heavy atom. The maximum absolute atomic E-state index is 11.4. The minimum absolute atomic E-state index is 0.0598. The van der Waals surface area contributed by atoms with Gasteiger partial charge in [0.2, 0.25) is 5.91 Å². The van der Waals surface area contributed by atoms with Gasteiger partial charge >= 0.3 is 0 Å². The van der Waals surface area contributed by atoms with Gasteiger partial charge in [-0.1, -0.05) is 6.92 Å². The van der Waals surface area contributed by atoms with Crippen molar-refractivity contribution >= 4 is 17.2 Å². The predicted octanol–water partition coefficient (Wildman–Crippen LogP) is 1.92. The molecule has 1 aromatic rings. The molecule has 0 radical (unpaired) electrons. The fraction of sp³-hybridized carbons (Fsp3) is 0.583. The van der Waals surface area contributed by atoms with Crippen molar-refractivity contribution < 1.29 is 4.79 Å². The molecule has 0 atom stereocenters. The second kappa shape index (κ2) is 6.66. The summed E-state index contributed by atoms with van der Waals surface area (Å²) in [6.45, 7) is 7.25. The first-order valence-electron chi connectivity index (χ1n) is 5.68. The van der Waals surface area contributed by atoms with E-state index < -0.39 is 0 Å². The van der Waals surface area contributed by atoms with Gasteiger partial charge < -0.3 is 10.6 Å². The lowest BCUT2D eigenvalue weighted by atomic mass is 10.2. The van der Waals surface area contributed by atoms with E-state index in [0.29, 0.717) is 6.54 Å². The van der Waals surface area contributed by atoms with Crippen molar-refractivity contribution in [1.29, 1.82) is 0 Å². The van der Waals surface area contributed by atoms with E-state index in [-0.39, 0.29) is 11.9 Å². The second-order valence-electron chi connectivity index (χ2n) is 4.05. The van der Waals surface area contributed by atoms with Crippen molar-refractivity contribution in [2.24, 2.45) is 0 Å². The molecule has 1 heterocycles. The van der Waals surface area contributed by atoms with Crippen LogP contribution in [-0.4, -0.2) is 18.5 Å². The van der Waals surface area contributed by atoms with Crippen LogP contribution in [0.25, 0.3) is 0 Å². The summed E-state index contributed by atoms with van der Waals surface area (Å²) in [4.78, 5) is 12.7. The van der Waals surface area contributed by atoms with Crippen LogP contribution in [0, 0.1) is 0 Å². The molecular formula is C12H20N2OS. The molecule has 0 unspecified atom stereocenters. The zero-order chi connectivity index (χ0) is 12.0. The lowest BCUT2D eigenvalue weighted by Gasteiger charge is -2.09. The molecular weight excluding hydrogens is 220 g/mol. The fourth-order valence-corrected chi connectivity index (χ4v) is 2.45. The highest BCUT2D eigenvalue weighted by atomic mass is 32.1. The quantitative estimate of drug-likeness (QED) is 0.797. The molecule has 0 aliphatic heterocycles. The van der Waals surface area contributed by atoms with Gasteiger partial charge in [0.1, 0.15) is 0 Å². The molecule has 0 fully saturated rings. The third kappa shape index (κ3) is 4.33. The van der Waals surface area contributed by atoms with Gasteiger partial charge in [0.15, 0.2) is 0 Å². The van der Waals surface area contributed by atoms with Gasteiger partial charge in [-0.05, 0) is 37.3 Å². The Labute approximate surface area is 101 Å². The Hall–Kier alpha value is -0.870. The molecule has 0 saturated carbocycles. The molecule has 2 N–H and O–H groups in total. The summed E-state index contributed by atoms with van der Waals surface area (Å²) in [5, 5.41) is 8.12. The average molecular weight is 240 g/mol. The van der Waals surface area contributed by atoms with Gasteiger partial charge in [-0.3, -0.25) is 4.79 Å². The topological polar surface area (TPSA) is 41.1 Å². The summed E-state index contributed by atoms with van der Waals surface area (Å²) in [6.07, 6.45) is 1.05. The van der Waals surface area contributed by atoms with Gasteiger partial charge in [-0.15, -0.1) is 11.3 Å². The molecule has 0 bridgehead atoms. The number of rotatable bonds is 6. The molecule has 0 aromatic carbocycles. The smallest absolute Gasteiger partial charge is 0.234 e. The molecule has 0 spiro atoms. The average Bonchev–Trinajstić information content (AvgIpc) is 2.64. The molecule has 1 rings (SSSR count). The maximum atomic E-state index is 11.4. The molecule has 16 heavy (non-hydrogen) atoms. The van der Waals surface area contributed by atoms with Gasteiger partial charge in [0.05, 0.1) is 6.54 Å². The normalized spacial score (nSPS) is 10.8. The summed E-state index contributed by atoms with van der Waals surface area (Å²) >= 11 is 1.75. The van der Waals surface area contributed by atoms with Gasteiger partial charge in [-0.25, -0.2) is 0 Å². The van der Waals surface area contributed by atoms with Crippen LogP contribution >= 0.6 is 11.3 Å². The highest BCUT2D eigenvalue weighted by Crippen LogP contribution is 2.16. The summed E-state index contributed by atoms with van der Waals surface area (Å²) in [6, 6.07) is 2.36. The number of carbonyl (C=O) groups is 1. The van der Waals surface area contributed by atoms with Gasteiger partial charge in [-0.2, -0.15) is 0 Å². The van der Waals surface area contributed by atoms with Crippen LogP contribution in [0.15, 0.2) is 11.4 Å². The van der Waals surface area contributed by atoms with Crippen LogP contribution in [0.4, 0.5) is 0 Å². The highest BCUT2D eigenvalue weighted by Gasteiger charge is 2.04. The van der Waals surface area contributed by atoms with Crippen LogP contribution in [0.2, 0.25) is 0 Å². The van der Waals surface area contributed by atoms with Crippen molar-refractivity contribution in [2.75, 3.05) is 6.54 Å². The number of hydrogen-bond acceptors (Lipinski definition) is 3. The predicted molar refractivity (Wildman–Crippen MR) is 68.7 cm³/mol. The Morgan fingerprint density at radius 3 is 2.88 bits per heavy atom. The molecule has 3 nitrogen and oxygen atoms in total. The number of hydrogen-bond donors (Lipinski definition) is 2. The number of nitrogens with one attached hydrogen (secondary N) is 2. The minimum atomic E-state index is 0.0598. The fourth-order valence-electron chi connectivity index (χ4n) is 1.50. The van der Waals surface area contributed by atoms with Crippen molar-refractivity contribution in [3.63, 3.8) is 0 Å². The number of thiophene rings is 1. The van der Waals surface area contributed by atoms with Crippen molar-refractivity contribution in [3.05, 3.63) is 21.9 Å². The molecule has 4 heteroatoms. The first-order chi connectivity index (χ1) is 7.63. The Kier molecular flexibility index (Phi) is 5.49. The molecule has 0 aliphatic carbocycles. The lowest BCUT2D eigenvalue weighted by molar-refractivity contribution is -0.120. The van der Waals surface area contributed by atoms with Crippen LogP contribution in [0.3, 0.4) is 0 Å². The standard InChI is InChI=1S/C12H20N2OS/c1-4-10-5-6-16-11(10)7-13-8-12(15)14-9(2)3/h5-6,9,13H,4,7-8H2,1-3H3,(H,14,15). The molecule has 1 aromatic heterocycles. The first-order valence-corrected chi connectivity index (χ1v) is 6.56. The van der Waals surface area contributed by atoms with E-state index in [1.54, 1.807) is 11.3 Å². The van der Waals surface area contributed by atoms with E-state index >= 15 is 0 Å². The third-order valence-electron chi connectivity index (χ3n) is 2.24. The van der Waals surface area contributed by atoms with E-state index in [1.807, 2.05) is 13.8 Å². The SMILES string of the molecule is CCc1ccsc1CNCC(=O)NC(C)C. The van der Waals surface area contributed by atoms with Crippen LogP contribution in [0.1, 0.15) is 31.2 Å². The number of amides is 1. The van der Waals surface area contributed by atoms with E-state index in [4.69, 9.17) is 0 Å². The van der Waals surface area contributed by atoms with Crippen molar-refractivity contribution in [2.45, 2.75) is 39.8 Å². The van der Waals surface area contributed by atoms with E-state index in [0.717, 1.165) is 13.0 Å². The molecule has 0 saturated heterocycles. The van der Waals surface area contributed by atoms with E-state index in [1.165, 1.54) is 10.4 Å². The van der Waals surface area contributed by atoms with Crippen LogP contribution < -0.4 is 10.6 Å². The van der Waals surface area contributed by atoms with Crippen LogP contribution in [0.5, 0.6) is 0 Å². The third-order valence-corrected chi connectivity index (χ3v) is 3.20. The molecule has 90 valence electrons. The van der Waals surface area contributed by atoms with Crippen molar-refractivity contribution in [3.8, 4) is 0 Å². The Balaban J connectivity index is 2.28. The zero-order valence-electron chi connectivity index (χ0n) is 10.2. The minimum Gasteiger partial charge on any atom is -0.353 e. The summed E-state index contributed by atoms with van der Waals surface area (Å²) < 4.78 is 0. The zero-order valence-corrected chi connectivity index (χ0v) is 11.0. The van der Waals surface area contributed by atoms with Gasteiger partial charge in [0, 0.05) is 17.5 Å². The van der Waals surface area contributed by atoms with Gasteiger partial charge in [0.25, 0.3) is 0 Å². The summed E-state index contributed by atoms with van der Waals surface area (Å²) in [7, 11) is 0. The monoisotopic (exact) mass is 240 g/mol. The van der Waals surface area contributed by atoms with Crippen LogP contribution in [-0.2, 0) is 17.8 Å². The Morgan fingerprint density at radius 1 is 1.50 bits per heavy atom. The Bertz CT molecular complexity index is 334. The summed E-state index contributed by atoms with van der Waals surface area (Å²) in [5.74, 6) is 0.0598. The van der Waals surface area contributed by atoms with E-state index in [2.05, 4.69) is 29.0 Å². The number of carbonyl (C=O) groups excluding carboxylic acids is 1. The second-order valence-corrected chi connectivity index (χ2v) is 5.05. The first kappa shape index (κ1) is 13.2. The maximum Gasteiger partial charge on any atom is 0.234 e. The largest absolute Gasteiger partial charge is 0.353 e. The number of aryl methyl sites for hydroxylation is 1. The van der Waals surface area contributed by atoms with E-state index in [9.17, 15) is 4.79 Å². The lowest BCUT2D eigenvalue weighted by Crippen LogP contribution is -2.37. The highest BCUT2D eigenvalue weighted by molar-refractivity contribution is 7.10. The molecule has 1 amide bonds. The summed E-state index contributed by atoms with van der Waals surface area (Å²) in [5.41, 5.74) is 1.38. The molecule has 0 aliphatic rings. The van der Waals surface area contributed by atoms with Crippen molar-refractivity contribution in [1.82, 2.24) is 10.6 Å².